The van der Waals surface area contributed by atoms with Crippen LogP contribution in [0.15, 0.2) is 0 Å². The van der Waals surface area contributed by atoms with E-state index in [2.05, 4.69) is 6.92 Å². The van der Waals surface area contributed by atoms with Crippen molar-refractivity contribution in [2.24, 2.45) is 0 Å². The summed E-state index contributed by atoms with van der Waals surface area (Å²) in [6, 6.07) is 0. The zero-order valence-electron chi connectivity index (χ0n) is 7.21. The van der Waals surface area contributed by atoms with Crippen LogP contribution in [0.1, 0.15) is 45.4 Å². The van der Waals surface area contributed by atoms with Gasteiger partial charge in [-0.2, -0.15) is 0 Å². The van der Waals surface area contributed by atoms with Crippen LogP contribution in [-0.2, 0) is 0 Å². The van der Waals surface area contributed by atoms with Crippen molar-refractivity contribution in [2.75, 3.05) is 0 Å². The van der Waals surface area contributed by atoms with E-state index in [0.717, 1.165) is 32.1 Å². The molecular weight excluding hydrogens is 140 g/mol. The molecule has 1 aliphatic carbocycles. The van der Waals surface area contributed by atoms with Crippen molar-refractivity contribution in [3.8, 4) is 0 Å². The van der Waals surface area contributed by atoms with E-state index in [-0.39, 0.29) is 6.10 Å². The van der Waals surface area contributed by atoms with Gasteiger partial charge in [-0.3, -0.25) is 0 Å². The summed E-state index contributed by atoms with van der Waals surface area (Å²) in [5.41, 5.74) is -0.549. The summed E-state index contributed by atoms with van der Waals surface area (Å²) in [7, 11) is 0. The lowest BCUT2D eigenvalue weighted by Gasteiger charge is -2.34. The van der Waals surface area contributed by atoms with Crippen molar-refractivity contribution in [1.29, 1.82) is 0 Å². The first kappa shape index (κ1) is 9.01. The Bertz CT molecular complexity index is 121. The summed E-state index contributed by atoms with van der Waals surface area (Å²) in [6.07, 6.45) is 4.87. The fourth-order valence-corrected chi connectivity index (χ4v) is 2.00. The van der Waals surface area contributed by atoms with Gasteiger partial charge in [0.1, 0.15) is 0 Å². The van der Waals surface area contributed by atoms with Gasteiger partial charge in [-0.05, 0) is 25.7 Å². The van der Waals surface area contributed by atoms with Gasteiger partial charge in [-0.25, -0.2) is 0 Å². The van der Waals surface area contributed by atoms with Gasteiger partial charge in [-0.15, -0.1) is 0 Å². The van der Waals surface area contributed by atoms with E-state index in [1.807, 2.05) is 0 Å². The summed E-state index contributed by atoms with van der Waals surface area (Å²) in [5, 5.41) is 19.2. The van der Waals surface area contributed by atoms with Crippen molar-refractivity contribution >= 4 is 0 Å². The lowest BCUT2D eigenvalue weighted by Crippen LogP contribution is -2.37. The quantitative estimate of drug-likeness (QED) is 0.638. The molecule has 1 saturated carbocycles. The fraction of sp³-hybridized carbons (Fsp3) is 1.00. The smallest absolute Gasteiger partial charge is 0.0672 e. The molecule has 0 amide bonds. The molecule has 11 heavy (non-hydrogen) atoms. The maximum absolute atomic E-state index is 9.88. The highest BCUT2D eigenvalue weighted by Crippen LogP contribution is 2.31. The molecule has 1 rings (SSSR count). The van der Waals surface area contributed by atoms with Crippen molar-refractivity contribution in [3.63, 3.8) is 0 Å². The molecule has 0 aromatic carbocycles. The minimum Gasteiger partial charge on any atom is -0.393 e. The molecule has 0 aliphatic heterocycles. The van der Waals surface area contributed by atoms with Gasteiger partial charge in [0, 0.05) is 6.42 Å². The summed E-state index contributed by atoms with van der Waals surface area (Å²) >= 11 is 0. The second-order valence-electron chi connectivity index (χ2n) is 3.72. The molecule has 0 aromatic heterocycles. The third-order valence-electron chi connectivity index (χ3n) is 2.51. The monoisotopic (exact) mass is 158 g/mol. The van der Waals surface area contributed by atoms with Crippen molar-refractivity contribution < 1.29 is 10.2 Å². The van der Waals surface area contributed by atoms with E-state index in [1.54, 1.807) is 0 Å². The zero-order valence-corrected chi connectivity index (χ0v) is 7.21. The Morgan fingerprint density at radius 2 is 2.27 bits per heavy atom. The minimum atomic E-state index is -0.549. The Morgan fingerprint density at radius 3 is 2.82 bits per heavy atom. The number of aliphatic hydroxyl groups excluding tert-OH is 1. The maximum Gasteiger partial charge on any atom is 0.0672 e. The number of hydrogen-bond acceptors (Lipinski definition) is 2. The molecule has 2 N–H and O–H groups in total. The fourth-order valence-electron chi connectivity index (χ4n) is 2.00. The van der Waals surface area contributed by atoms with Gasteiger partial charge in [0.2, 0.25) is 0 Å². The Balaban J connectivity index is 2.41. The Kier molecular flexibility index (Phi) is 2.90. The first-order valence-corrected chi connectivity index (χ1v) is 4.57. The van der Waals surface area contributed by atoms with Crippen LogP contribution in [0.3, 0.4) is 0 Å². The van der Waals surface area contributed by atoms with Crippen LogP contribution in [-0.4, -0.2) is 21.9 Å². The lowest BCUT2D eigenvalue weighted by molar-refractivity contribution is -0.0507. The second kappa shape index (κ2) is 3.55. The van der Waals surface area contributed by atoms with Crippen molar-refractivity contribution in [1.82, 2.24) is 0 Å². The van der Waals surface area contributed by atoms with Gasteiger partial charge < -0.3 is 10.2 Å². The lowest BCUT2D eigenvalue weighted by atomic mass is 9.80. The molecule has 66 valence electrons. The van der Waals surface area contributed by atoms with Crippen molar-refractivity contribution in [3.05, 3.63) is 0 Å². The van der Waals surface area contributed by atoms with Gasteiger partial charge in [0.15, 0.2) is 0 Å². The van der Waals surface area contributed by atoms with Gasteiger partial charge in [0.25, 0.3) is 0 Å². The Morgan fingerprint density at radius 1 is 1.55 bits per heavy atom. The van der Waals surface area contributed by atoms with Crippen LogP contribution in [0.25, 0.3) is 0 Å². The van der Waals surface area contributed by atoms with E-state index in [1.165, 1.54) is 0 Å². The van der Waals surface area contributed by atoms with E-state index < -0.39 is 5.60 Å². The highest BCUT2D eigenvalue weighted by Gasteiger charge is 2.32. The molecule has 0 bridgehead atoms. The SMILES string of the molecule is CCCC1(O)CCCC(O)C1. The molecule has 1 fully saturated rings. The highest BCUT2D eigenvalue weighted by atomic mass is 16.3. The molecule has 0 radical (unpaired) electrons. The Labute approximate surface area is 68.2 Å². The number of aliphatic hydroxyl groups is 2. The normalized spacial score (nSPS) is 39.0. The first-order chi connectivity index (χ1) is 5.16. The van der Waals surface area contributed by atoms with E-state index in [0.29, 0.717) is 6.42 Å². The molecule has 2 unspecified atom stereocenters. The molecular formula is C9H18O2. The molecule has 0 aromatic rings. The summed E-state index contributed by atoms with van der Waals surface area (Å²) in [5.74, 6) is 0. The summed E-state index contributed by atoms with van der Waals surface area (Å²) in [4.78, 5) is 0. The van der Waals surface area contributed by atoms with Crippen LogP contribution in [0.5, 0.6) is 0 Å². The molecule has 0 heterocycles. The predicted molar refractivity (Wildman–Crippen MR) is 44.3 cm³/mol. The molecule has 0 saturated heterocycles. The van der Waals surface area contributed by atoms with E-state index >= 15 is 0 Å². The van der Waals surface area contributed by atoms with Gasteiger partial charge >= 0.3 is 0 Å². The summed E-state index contributed by atoms with van der Waals surface area (Å²) in [6.45, 7) is 2.07. The summed E-state index contributed by atoms with van der Waals surface area (Å²) < 4.78 is 0. The largest absolute Gasteiger partial charge is 0.393 e. The number of hydrogen-bond donors (Lipinski definition) is 2. The first-order valence-electron chi connectivity index (χ1n) is 4.57. The van der Waals surface area contributed by atoms with Gasteiger partial charge in [-0.1, -0.05) is 13.3 Å². The third kappa shape index (κ3) is 2.46. The predicted octanol–water partition coefficient (Wildman–Crippen LogP) is 1.45. The molecule has 0 spiro atoms. The molecule has 2 heteroatoms. The average Bonchev–Trinajstić information content (AvgIpc) is 1.86. The van der Waals surface area contributed by atoms with E-state index in [4.69, 9.17) is 0 Å². The van der Waals surface area contributed by atoms with Crippen LogP contribution < -0.4 is 0 Å². The molecule has 2 nitrogen and oxygen atoms in total. The van der Waals surface area contributed by atoms with Crippen LogP contribution in [0.2, 0.25) is 0 Å². The standard InChI is InChI=1S/C9H18O2/c1-2-5-9(11)6-3-4-8(10)7-9/h8,10-11H,2-7H2,1H3. The minimum absolute atomic E-state index is 0.264. The highest BCUT2D eigenvalue weighted by molar-refractivity contribution is 4.85. The second-order valence-corrected chi connectivity index (χ2v) is 3.72. The van der Waals surface area contributed by atoms with Gasteiger partial charge in [0.05, 0.1) is 11.7 Å². The third-order valence-corrected chi connectivity index (χ3v) is 2.51. The maximum atomic E-state index is 9.88. The molecule has 1 aliphatic rings. The van der Waals surface area contributed by atoms with E-state index in [9.17, 15) is 10.2 Å². The topological polar surface area (TPSA) is 40.5 Å². The molecule has 2 atom stereocenters. The van der Waals surface area contributed by atoms with Crippen LogP contribution >= 0.6 is 0 Å². The zero-order chi connectivity index (χ0) is 8.32. The van der Waals surface area contributed by atoms with Crippen LogP contribution in [0, 0.1) is 0 Å². The van der Waals surface area contributed by atoms with Crippen LogP contribution in [0.4, 0.5) is 0 Å². The number of rotatable bonds is 2. The Hall–Kier alpha value is -0.0800. The average molecular weight is 158 g/mol. The van der Waals surface area contributed by atoms with Crippen molar-refractivity contribution in [2.45, 2.75) is 57.2 Å².